The number of fused-ring (bicyclic) bond motifs is 1. The van der Waals surface area contributed by atoms with Crippen molar-refractivity contribution in [3.63, 3.8) is 0 Å². The molecule has 6 nitrogen and oxygen atoms in total. The fraction of sp³-hybridized carbons (Fsp3) is 0.387. The van der Waals surface area contributed by atoms with Gasteiger partial charge in [0.05, 0.1) is 24.3 Å². The van der Waals surface area contributed by atoms with Gasteiger partial charge in [0.15, 0.2) is 0 Å². The van der Waals surface area contributed by atoms with Crippen LogP contribution in [-0.2, 0) is 30.7 Å². The molecule has 2 aliphatic rings. The Balaban J connectivity index is 0.00000405. The average Bonchev–Trinajstić information content (AvgIpc) is 3.33. The number of halogens is 5. The van der Waals surface area contributed by atoms with Crippen molar-refractivity contribution in [1.29, 1.82) is 0 Å². The molecule has 226 valence electrons. The van der Waals surface area contributed by atoms with E-state index in [4.69, 9.17) is 32.7 Å². The Morgan fingerprint density at radius 2 is 1.38 bits per heavy atom. The molecule has 0 atom stereocenters. The van der Waals surface area contributed by atoms with Gasteiger partial charge in [0.25, 0.3) is 0 Å². The third kappa shape index (κ3) is 6.33. The van der Waals surface area contributed by atoms with E-state index >= 15 is 0 Å². The molecule has 0 saturated carbocycles. The molecule has 1 amide bonds. The lowest BCUT2D eigenvalue weighted by Crippen LogP contribution is -2.64. The van der Waals surface area contributed by atoms with Crippen molar-refractivity contribution in [3.8, 4) is 11.5 Å². The van der Waals surface area contributed by atoms with Gasteiger partial charge in [-0.2, -0.15) is 0 Å². The highest BCUT2D eigenvalue weighted by atomic mass is 35.5. The predicted octanol–water partition coefficient (Wildman–Crippen LogP) is 6.02. The molecule has 5 rings (SSSR count). The second-order valence-corrected chi connectivity index (χ2v) is 11.6. The maximum absolute atomic E-state index is 14.4. The summed E-state index contributed by atoms with van der Waals surface area (Å²) in [5.41, 5.74) is 2.72. The Morgan fingerprint density at radius 1 is 0.881 bits per heavy atom. The molecule has 3 aromatic carbocycles. The van der Waals surface area contributed by atoms with Crippen LogP contribution in [0.25, 0.3) is 0 Å². The Hall–Kier alpha value is -2.62. The minimum absolute atomic E-state index is 0. The molecule has 42 heavy (non-hydrogen) atoms. The standard InChI is InChI=1S/C31H33Cl2F2N3O3.ClH/c1-36(18-22-12-24(34)14-26(32)28(22)40-2)30(39)31(16-20-6-4-5-7-21(20)17-31)38-10-8-37(9-11-38)19-23-13-25(35)15-27(33)29(23)41-3;/h4-7,12-15H,8-11,16-19H2,1-3H3;1H. The van der Waals surface area contributed by atoms with Gasteiger partial charge in [0.1, 0.15) is 28.7 Å². The van der Waals surface area contributed by atoms with E-state index in [2.05, 4.69) is 21.9 Å². The van der Waals surface area contributed by atoms with Crippen LogP contribution in [0.4, 0.5) is 8.78 Å². The van der Waals surface area contributed by atoms with Gasteiger partial charge in [0, 0.05) is 70.3 Å². The molecule has 0 aromatic heterocycles. The normalized spacial score (nSPS) is 16.5. The predicted molar refractivity (Wildman–Crippen MR) is 163 cm³/mol. The molecule has 3 aromatic rings. The zero-order chi connectivity index (χ0) is 29.3. The van der Waals surface area contributed by atoms with Crippen molar-refractivity contribution in [1.82, 2.24) is 14.7 Å². The van der Waals surface area contributed by atoms with E-state index in [0.29, 0.717) is 68.2 Å². The summed E-state index contributed by atoms with van der Waals surface area (Å²) in [5, 5.41) is 0.410. The number of carbonyl (C=O) groups excluding carboxylic acids is 1. The van der Waals surface area contributed by atoms with E-state index in [1.165, 1.54) is 38.5 Å². The minimum atomic E-state index is -0.783. The number of piperazine rings is 1. The molecular weight excluding hydrogens is 607 g/mol. The first kappa shape index (κ1) is 32.3. The van der Waals surface area contributed by atoms with Crippen LogP contribution in [0.3, 0.4) is 0 Å². The molecule has 0 unspecified atom stereocenters. The summed E-state index contributed by atoms with van der Waals surface area (Å²) in [7, 11) is 4.74. The van der Waals surface area contributed by atoms with E-state index < -0.39 is 17.2 Å². The summed E-state index contributed by atoms with van der Waals surface area (Å²) < 4.78 is 39.2. The third-order valence-electron chi connectivity index (χ3n) is 8.19. The number of hydrogen-bond donors (Lipinski definition) is 0. The monoisotopic (exact) mass is 639 g/mol. The lowest BCUT2D eigenvalue weighted by molar-refractivity contribution is -0.145. The maximum atomic E-state index is 14.4. The first-order valence-corrected chi connectivity index (χ1v) is 14.2. The number of carbonyl (C=O) groups is 1. The molecule has 1 saturated heterocycles. The number of amides is 1. The van der Waals surface area contributed by atoms with Gasteiger partial charge in [-0.3, -0.25) is 14.6 Å². The summed E-state index contributed by atoms with van der Waals surface area (Å²) in [6.45, 7) is 3.29. The minimum Gasteiger partial charge on any atom is -0.495 e. The molecule has 1 aliphatic heterocycles. The summed E-state index contributed by atoms with van der Waals surface area (Å²) >= 11 is 12.4. The van der Waals surface area contributed by atoms with Gasteiger partial charge in [0.2, 0.25) is 5.91 Å². The van der Waals surface area contributed by atoms with Gasteiger partial charge in [-0.05, 0) is 35.4 Å². The van der Waals surface area contributed by atoms with Crippen LogP contribution in [-0.4, -0.2) is 73.6 Å². The lowest BCUT2D eigenvalue weighted by Gasteiger charge is -2.46. The van der Waals surface area contributed by atoms with Crippen molar-refractivity contribution in [2.45, 2.75) is 31.5 Å². The van der Waals surface area contributed by atoms with Crippen LogP contribution in [0.2, 0.25) is 10.0 Å². The molecule has 0 N–H and O–H groups in total. The summed E-state index contributed by atoms with van der Waals surface area (Å²) in [6, 6.07) is 13.4. The van der Waals surface area contributed by atoms with Crippen molar-refractivity contribution < 1.29 is 23.0 Å². The fourth-order valence-corrected chi connectivity index (χ4v) is 6.89. The zero-order valence-electron chi connectivity index (χ0n) is 23.8. The quantitative estimate of drug-likeness (QED) is 0.301. The molecule has 1 fully saturated rings. The van der Waals surface area contributed by atoms with E-state index in [0.717, 1.165) is 11.1 Å². The number of likely N-dealkylation sites (N-methyl/N-ethyl adjacent to an activating group) is 1. The number of rotatable bonds is 8. The van der Waals surface area contributed by atoms with E-state index in [1.54, 1.807) is 11.9 Å². The van der Waals surface area contributed by atoms with Crippen molar-refractivity contribution in [3.05, 3.63) is 92.5 Å². The fourth-order valence-electron chi connectivity index (χ4n) is 6.28. The number of hydrogen-bond acceptors (Lipinski definition) is 5. The molecule has 0 radical (unpaired) electrons. The van der Waals surface area contributed by atoms with Crippen LogP contribution in [0.15, 0.2) is 48.5 Å². The number of methoxy groups -OCH3 is 2. The second kappa shape index (κ2) is 13.3. The summed E-state index contributed by atoms with van der Waals surface area (Å²) in [6.07, 6.45) is 1.17. The second-order valence-electron chi connectivity index (χ2n) is 10.7. The largest absolute Gasteiger partial charge is 0.495 e. The summed E-state index contributed by atoms with van der Waals surface area (Å²) in [4.78, 5) is 20.5. The number of nitrogens with zero attached hydrogens (tertiary/aromatic N) is 3. The third-order valence-corrected chi connectivity index (χ3v) is 8.75. The molecule has 1 aliphatic carbocycles. The Labute approximate surface area is 261 Å². The molecule has 1 heterocycles. The van der Waals surface area contributed by atoms with Crippen LogP contribution in [0.1, 0.15) is 22.3 Å². The number of ether oxygens (including phenoxy) is 2. The topological polar surface area (TPSA) is 45.2 Å². The van der Waals surface area contributed by atoms with Gasteiger partial charge in [-0.1, -0.05) is 47.5 Å². The van der Waals surface area contributed by atoms with E-state index in [9.17, 15) is 13.6 Å². The van der Waals surface area contributed by atoms with Gasteiger partial charge >= 0.3 is 0 Å². The van der Waals surface area contributed by atoms with Crippen molar-refractivity contribution >= 4 is 41.5 Å². The van der Waals surface area contributed by atoms with Crippen LogP contribution < -0.4 is 9.47 Å². The average molecular weight is 641 g/mol. The Morgan fingerprint density at radius 3 is 1.90 bits per heavy atom. The van der Waals surface area contributed by atoms with E-state index in [-0.39, 0.29) is 34.9 Å². The Bertz CT molecular complexity index is 1430. The van der Waals surface area contributed by atoms with Gasteiger partial charge in [-0.25, -0.2) is 8.78 Å². The van der Waals surface area contributed by atoms with Crippen LogP contribution in [0.5, 0.6) is 11.5 Å². The maximum Gasteiger partial charge on any atom is 0.243 e. The molecule has 0 bridgehead atoms. The first-order valence-electron chi connectivity index (χ1n) is 13.5. The number of benzene rings is 3. The molecule has 0 spiro atoms. The van der Waals surface area contributed by atoms with Gasteiger partial charge in [-0.15, -0.1) is 12.4 Å². The Kier molecular flexibility index (Phi) is 10.3. The lowest BCUT2D eigenvalue weighted by atomic mass is 9.90. The highest BCUT2D eigenvalue weighted by Crippen LogP contribution is 2.38. The molecule has 11 heteroatoms. The summed E-state index contributed by atoms with van der Waals surface area (Å²) in [5.74, 6) is -0.0945. The van der Waals surface area contributed by atoms with Gasteiger partial charge < -0.3 is 14.4 Å². The van der Waals surface area contributed by atoms with Crippen LogP contribution >= 0.6 is 35.6 Å². The van der Waals surface area contributed by atoms with Crippen LogP contribution in [0, 0.1) is 11.6 Å². The smallest absolute Gasteiger partial charge is 0.243 e. The zero-order valence-corrected chi connectivity index (χ0v) is 26.1. The highest BCUT2D eigenvalue weighted by Gasteiger charge is 2.50. The molecular formula is C31H34Cl3F2N3O3. The van der Waals surface area contributed by atoms with Crippen molar-refractivity contribution in [2.24, 2.45) is 0 Å². The van der Waals surface area contributed by atoms with E-state index in [1.807, 2.05) is 12.1 Å². The van der Waals surface area contributed by atoms with Crippen molar-refractivity contribution in [2.75, 3.05) is 47.4 Å². The SMILES string of the molecule is COc1c(Cl)cc(F)cc1CN1CCN(C2(C(=O)N(C)Cc3cc(F)cc(Cl)c3OC)Cc3ccccc3C2)CC1.Cl. The highest BCUT2D eigenvalue weighted by molar-refractivity contribution is 6.32. The first-order chi connectivity index (χ1) is 19.6.